The van der Waals surface area contributed by atoms with Crippen LogP contribution < -0.4 is 5.32 Å². The van der Waals surface area contributed by atoms with Crippen LogP contribution in [0, 0.1) is 19.8 Å². The van der Waals surface area contributed by atoms with E-state index in [2.05, 4.69) is 29.0 Å². The Kier molecular flexibility index (Phi) is 4.60. The molecule has 1 aliphatic carbocycles. The van der Waals surface area contributed by atoms with E-state index >= 15 is 0 Å². The first-order valence-corrected chi connectivity index (χ1v) is 8.89. The minimum Gasteiger partial charge on any atom is -0.353 e. The summed E-state index contributed by atoms with van der Waals surface area (Å²) in [4.78, 5) is 20.4. The van der Waals surface area contributed by atoms with Crippen LogP contribution in [-0.4, -0.2) is 34.9 Å². The van der Waals surface area contributed by atoms with Crippen LogP contribution in [0.5, 0.6) is 0 Å². The van der Waals surface area contributed by atoms with Gasteiger partial charge in [-0.25, -0.2) is 4.98 Å². The summed E-state index contributed by atoms with van der Waals surface area (Å²) in [5.74, 6) is 0.611. The second-order valence-corrected chi connectivity index (χ2v) is 7.72. The van der Waals surface area contributed by atoms with Crippen LogP contribution in [-0.2, 0) is 11.3 Å². The predicted molar refractivity (Wildman–Crippen MR) is 85.4 cm³/mol. The van der Waals surface area contributed by atoms with E-state index in [4.69, 9.17) is 0 Å². The van der Waals surface area contributed by atoms with E-state index < -0.39 is 0 Å². The van der Waals surface area contributed by atoms with Crippen molar-refractivity contribution in [2.24, 2.45) is 5.92 Å². The Morgan fingerprint density at radius 2 is 2.00 bits per heavy atom. The van der Waals surface area contributed by atoms with Crippen LogP contribution >= 0.6 is 11.3 Å². The van der Waals surface area contributed by atoms with Crippen molar-refractivity contribution in [3.63, 3.8) is 0 Å². The lowest BCUT2D eigenvalue weighted by Gasteiger charge is -2.34. The van der Waals surface area contributed by atoms with Crippen LogP contribution in [0.15, 0.2) is 0 Å². The van der Waals surface area contributed by atoms with Gasteiger partial charge in [-0.15, -0.1) is 11.3 Å². The SMILES string of the molecule is Cc1nc(C)c(CN2CCC(NC(=O)C3CCC3)CC2)s1. The summed E-state index contributed by atoms with van der Waals surface area (Å²) in [6, 6.07) is 0.388. The molecule has 0 bridgehead atoms. The Hall–Kier alpha value is -0.940. The fourth-order valence-electron chi connectivity index (χ4n) is 3.15. The summed E-state index contributed by atoms with van der Waals surface area (Å²) in [6.45, 7) is 7.34. The minimum atomic E-state index is 0.300. The van der Waals surface area contributed by atoms with Gasteiger partial charge in [0.25, 0.3) is 0 Å². The zero-order valence-corrected chi connectivity index (χ0v) is 13.8. The molecule has 116 valence electrons. The number of carbonyl (C=O) groups excluding carboxylic acids is 1. The van der Waals surface area contributed by atoms with E-state index in [1.54, 1.807) is 0 Å². The monoisotopic (exact) mass is 307 g/mol. The molecule has 1 aliphatic heterocycles. The van der Waals surface area contributed by atoms with Gasteiger partial charge in [0, 0.05) is 36.5 Å². The van der Waals surface area contributed by atoms with Gasteiger partial charge in [0.05, 0.1) is 10.7 Å². The second kappa shape index (κ2) is 6.44. The molecular weight excluding hydrogens is 282 g/mol. The highest BCUT2D eigenvalue weighted by Crippen LogP contribution is 2.27. The molecule has 1 saturated heterocycles. The summed E-state index contributed by atoms with van der Waals surface area (Å²) in [5, 5.41) is 4.40. The number of piperidine rings is 1. The molecular formula is C16H25N3OS. The molecule has 1 aromatic rings. The lowest BCUT2D eigenvalue weighted by Crippen LogP contribution is -2.47. The first kappa shape index (κ1) is 15.0. The van der Waals surface area contributed by atoms with E-state index in [1.165, 1.54) is 17.0 Å². The van der Waals surface area contributed by atoms with Crippen molar-refractivity contribution < 1.29 is 4.79 Å². The van der Waals surface area contributed by atoms with Gasteiger partial charge in [0.1, 0.15) is 0 Å². The molecule has 2 aliphatic rings. The maximum Gasteiger partial charge on any atom is 0.223 e. The first-order chi connectivity index (χ1) is 10.1. The van der Waals surface area contributed by atoms with Crippen LogP contribution in [0.3, 0.4) is 0 Å². The number of hydrogen-bond acceptors (Lipinski definition) is 4. The standard InChI is InChI=1S/C16H25N3OS/c1-11-15(21-12(2)17-11)10-19-8-6-14(7-9-19)18-16(20)13-4-3-5-13/h13-14H,3-10H2,1-2H3,(H,18,20). The first-order valence-electron chi connectivity index (χ1n) is 8.07. The normalized spacial score (nSPS) is 21.2. The third kappa shape index (κ3) is 3.64. The summed E-state index contributed by atoms with van der Waals surface area (Å²) in [5.41, 5.74) is 1.18. The largest absolute Gasteiger partial charge is 0.353 e. The smallest absolute Gasteiger partial charge is 0.223 e. The van der Waals surface area contributed by atoms with E-state index in [0.29, 0.717) is 17.9 Å². The Morgan fingerprint density at radius 3 is 2.52 bits per heavy atom. The van der Waals surface area contributed by atoms with E-state index in [9.17, 15) is 4.79 Å². The predicted octanol–water partition coefficient (Wildman–Crippen LogP) is 2.64. The molecule has 3 rings (SSSR count). The van der Waals surface area contributed by atoms with E-state index in [0.717, 1.165) is 50.3 Å². The van der Waals surface area contributed by atoms with Crippen molar-refractivity contribution in [3.8, 4) is 0 Å². The molecule has 2 heterocycles. The summed E-state index contributed by atoms with van der Waals surface area (Å²) in [6.07, 6.45) is 5.57. The van der Waals surface area contributed by atoms with E-state index in [-0.39, 0.29) is 0 Å². The number of aryl methyl sites for hydroxylation is 2. The number of likely N-dealkylation sites (tertiary alicyclic amines) is 1. The zero-order valence-electron chi connectivity index (χ0n) is 13.0. The number of thiazole rings is 1. The highest BCUT2D eigenvalue weighted by molar-refractivity contribution is 7.11. The number of hydrogen-bond donors (Lipinski definition) is 1. The van der Waals surface area contributed by atoms with Crippen molar-refractivity contribution in [1.29, 1.82) is 0 Å². The molecule has 1 aromatic heterocycles. The van der Waals surface area contributed by atoms with Gasteiger partial charge in [0.2, 0.25) is 5.91 Å². The highest BCUT2D eigenvalue weighted by Gasteiger charge is 2.28. The maximum absolute atomic E-state index is 12.0. The number of amides is 1. The molecule has 0 unspecified atom stereocenters. The van der Waals surface area contributed by atoms with Crippen molar-refractivity contribution >= 4 is 17.2 Å². The van der Waals surface area contributed by atoms with Gasteiger partial charge in [-0.1, -0.05) is 6.42 Å². The molecule has 1 N–H and O–H groups in total. The second-order valence-electron chi connectivity index (χ2n) is 6.43. The topological polar surface area (TPSA) is 45.2 Å². The molecule has 1 amide bonds. The Morgan fingerprint density at radius 1 is 1.29 bits per heavy atom. The van der Waals surface area contributed by atoms with E-state index in [1.807, 2.05) is 11.3 Å². The molecule has 0 aromatic carbocycles. The number of nitrogens with one attached hydrogen (secondary N) is 1. The van der Waals surface area contributed by atoms with Crippen LogP contribution in [0.25, 0.3) is 0 Å². The number of nitrogens with zero attached hydrogens (tertiary/aromatic N) is 2. The average molecular weight is 307 g/mol. The molecule has 4 nitrogen and oxygen atoms in total. The lowest BCUT2D eigenvalue weighted by atomic mass is 9.84. The Bertz CT molecular complexity index is 502. The lowest BCUT2D eigenvalue weighted by molar-refractivity contribution is -0.128. The summed E-state index contributed by atoms with van der Waals surface area (Å²) in [7, 11) is 0. The zero-order chi connectivity index (χ0) is 14.8. The van der Waals surface area contributed by atoms with Gasteiger partial charge >= 0.3 is 0 Å². The summed E-state index contributed by atoms with van der Waals surface area (Å²) >= 11 is 1.81. The van der Waals surface area contributed by atoms with Crippen LogP contribution in [0.2, 0.25) is 0 Å². The molecule has 0 atom stereocenters. The number of carbonyl (C=O) groups is 1. The number of aromatic nitrogens is 1. The maximum atomic E-state index is 12.0. The molecule has 5 heteroatoms. The third-order valence-electron chi connectivity index (χ3n) is 4.78. The van der Waals surface area contributed by atoms with Gasteiger partial charge < -0.3 is 5.32 Å². The van der Waals surface area contributed by atoms with Crippen molar-refractivity contribution in [1.82, 2.24) is 15.2 Å². The average Bonchev–Trinajstić information content (AvgIpc) is 2.68. The summed E-state index contributed by atoms with van der Waals surface area (Å²) < 4.78 is 0. The molecule has 1 saturated carbocycles. The van der Waals surface area contributed by atoms with Gasteiger partial charge in [-0.2, -0.15) is 0 Å². The van der Waals surface area contributed by atoms with Gasteiger partial charge in [-0.3, -0.25) is 9.69 Å². The van der Waals surface area contributed by atoms with Gasteiger partial charge in [0.15, 0.2) is 0 Å². The quantitative estimate of drug-likeness (QED) is 0.930. The molecule has 0 spiro atoms. The number of rotatable bonds is 4. The molecule has 0 radical (unpaired) electrons. The molecule has 21 heavy (non-hydrogen) atoms. The van der Waals surface area contributed by atoms with Crippen molar-refractivity contribution in [2.75, 3.05) is 13.1 Å². The highest BCUT2D eigenvalue weighted by atomic mass is 32.1. The van der Waals surface area contributed by atoms with Gasteiger partial charge in [-0.05, 0) is 39.5 Å². The minimum absolute atomic E-state index is 0.300. The van der Waals surface area contributed by atoms with Crippen LogP contribution in [0.1, 0.15) is 47.7 Å². The third-order valence-corrected chi connectivity index (χ3v) is 5.83. The fraction of sp³-hybridized carbons (Fsp3) is 0.750. The van der Waals surface area contributed by atoms with Crippen molar-refractivity contribution in [2.45, 2.75) is 58.5 Å². The Balaban J connectivity index is 1.44. The Labute approximate surface area is 130 Å². The van der Waals surface area contributed by atoms with Crippen LogP contribution in [0.4, 0.5) is 0 Å². The fourth-order valence-corrected chi connectivity index (χ4v) is 4.13. The van der Waals surface area contributed by atoms with Crippen molar-refractivity contribution in [3.05, 3.63) is 15.6 Å². The molecule has 2 fully saturated rings.